The highest BCUT2D eigenvalue weighted by molar-refractivity contribution is 6.01. The normalized spacial score (nSPS) is 12.4. The molecule has 4 rings (SSSR count). The number of aromatic nitrogens is 4. The molecule has 0 bridgehead atoms. The molecule has 4 aromatic rings. The molecule has 3 heterocycles. The molecule has 182 valence electrons. The number of aryl methyl sites for hydroxylation is 2. The summed E-state index contributed by atoms with van der Waals surface area (Å²) in [5.41, 5.74) is 0.957. The predicted octanol–water partition coefficient (Wildman–Crippen LogP) is 3.83. The fraction of sp³-hybridized carbons (Fsp3) is 0.320. The Kier molecular flexibility index (Phi) is 6.54. The van der Waals surface area contributed by atoms with Gasteiger partial charge in [-0.2, -0.15) is 4.80 Å². The molecule has 0 saturated carbocycles. The molecule has 3 aromatic heterocycles. The average molecular weight is 477 g/mol. The number of rotatable bonds is 7. The van der Waals surface area contributed by atoms with Gasteiger partial charge in [0, 0.05) is 11.2 Å². The summed E-state index contributed by atoms with van der Waals surface area (Å²) in [5, 5.41) is 15.2. The fourth-order valence-corrected chi connectivity index (χ4v) is 3.63. The smallest absolute Gasteiger partial charge is 0.251 e. The Morgan fingerprint density at radius 2 is 1.91 bits per heavy atom. The Hall–Kier alpha value is -4.21. The van der Waals surface area contributed by atoms with Crippen LogP contribution in [0.2, 0.25) is 0 Å². The van der Waals surface area contributed by atoms with Crippen molar-refractivity contribution >= 4 is 17.5 Å². The number of carbonyl (C=O) groups excluding carboxylic acids is 2. The van der Waals surface area contributed by atoms with Gasteiger partial charge in [-0.25, -0.2) is 0 Å². The summed E-state index contributed by atoms with van der Waals surface area (Å²) in [7, 11) is 0. The van der Waals surface area contributed by atoms with E-state index in [4.69, 9.17) is 8.83 Å². The van der Waals surface area contributed by atoms with Crippen LogP contribution >= 0.6 is 0 Å². The van der Waals surface area contributed by atoms with E-state index in [0.717, 1.165) is 5.56 Å². The quantitative estimate of drug-likeness (QED) is 0.430. The number of nitrogens with zero attached hydrogens (tertiary/aromatic N) is 5. The molecule has 1 unspecified atom stereocenters. The SMILES string of the molecule is Cc1cccc(N(C(=O)Cn2nnc(-c3ccc(C)o3)n2)C(C(=O)NC(C)(C)C)c2ccco2)c1. The monoisotopic (exact) mass is 476 g/mol. The molecule has 0 saturated heterocycles. The van der Waals surface area contributed by atoms with E-state index < -0.39 is 17.5 Å². The van der Waals surface area contributed by atoms with Crippen molar-refractivity contribution in [1.82, 2.24) is 25.5 Å². The van der Waals surface area contributed by atoms with Crippen LogP contribution < -0.4 is 10.2 Å². The summed E-state index contributed by atoms with van der Waals surface area (Å²) in [5.74, 6) is 0.973. The van der Waals surface area contributed by atoms with Crippen molar-refractivity contribution < 1.29 is 18.4 Å². The van der Waals surface area contributed by atoms with Crippen LogP contribution in [-0.2, 0) is 16.1 Å². The average Bonchev–Trinajstić information content (AvgIpc) is 3.52. The van der Waals surface area contributed by atoms with Gasteiger partial charge in [0.1, 0.15) is 18.1 Å². The second-order valence-electron chi connectivity index (χ2n) is 9.31. The zero-order valence-electron chi connectivity index (χ0n) is 20.3. The first-order valence-corrected chi connectivity index (χ1v) is 11.2. The zero-order chi connectivity index (χ0) is 25.2. The molecular formula is C25H28N6O4. The van der Waals surface area contributed by atoms with Gasteiger partial charge in [0.25, 0.3) is 11.8 Å². The van der Waals surface area contributed by atoms with Crippen molar-refractivity contribution in [2.75, 3.05) is 4.90 Å². The minimum atomic E-state index is -1.05. The summed E-state index contributed by atoms with van der Waals surface area (Å²) in [6.45, 7) is 9.11. The second kappa shape index (κ2) is 9.57. The largest absolute Gasteiger partial charge is 0.467 e. The van der Waals surface area contributed by atoms with Gasteiger partial charge in [-0.3, -0.25) is 14.5 Å². The molecule has 0 spiro atoms. The Bertz CT molecular complexity index is 1320. The molecule has 10 heteroatoms. The van der Waals surface area contributed by atoms with E-state index in [1.807, 2.05) is 52.8 Å². The highest BCUT2D eigenvalue weighted by atomic mass is 16.3. The molecule has 0 aliphatic heterocycles. The van der Waals surface area contributed by atoms with Crippen molar-refractivity contribution in [3.05, 3.63) is 71.9 Å². The Morgan fingerprint density at radius 1 is 1.11 bits per heavy atom. The maximum atomic E-state index is 13.7. The van der Waals surface area contributed by atoms with Gasteiger partial charge in [0.15, 0.2) is 11.8 Å². The third kappa shape index (κ3) is 5.65. The molecule has 1 aromatic carbocycles. The van der Waals surface area contributed by atoms with E-state index in [9.17, 15) is 9.59 Å². The molecule has 1 N–H and O–H groups in total. The minimum Gasteiger partial charge on any atom is -0.467 e. The maximum absolute atomic E-state index is 13.7. The Balaban J connectivity index is 1.71. The van der Waals surface area contributed by atoms with Gasteiger partial charge in [-0.05, 0) is 81.8 Å². The topological polar surface area (TPSA) is 119 Å². The lowest BCUT2D eigenvalue weighted by Crippen LogP contribution is -2.50. The molecule has 1 atom stereocenters. The molecular weight excluding hydrogens is 448 g/mol. The lowest BCUT2D eigenvalue weighted by Gasteiger charge is -2.32. The van der Waals surface area contributed by atoms with Crippen LogP contribution in [0.4, 0.5) is 5.69 Å². The molecule has 0 aliphatic carbocycles. The highest BCUT2D eigenvalue weighted by Gasteiger charge is 2.36. The van der Waals surface area contributed by atoms with E-state index >= 15 is 0 Å². The van der Waals surface area contributed by atoms with Crippen molar-refractivity contribution in [1.29, 1.82) is 0 Å². The number of anilines is 1. The van der Waals surface area contributed by atoms with Crippen LogP contribution in [-0.4, -0.2) is 37.6 Å². The van der Waals surface area contributed by atoms with Gasteiger partial charge in [-0.15, -0.1) is 10.2 Å². The van der Waals surface area contributed by atoms with E-state index in [-0.39, 0.29) is 18.3 Å². The first-order valence-electron chi connectivity index (χ1n) is 11.2. The summed E-state index contributed by atoms with van der Waals surface area (Å²) in [4.78, 5) is 29.8. The number of hydrogen-bond donors (Lipinski definition) is 1. The molecule has 2 amide bonds. The highest BCUT2D eigenvalue weighted by Crippen LogP contribution is 2.30. The molecule has 0 fully saturated rings. The maximum Gasteiger partial charge on any atom is 0.251 e. The van der Waals surface area contributed by atoms with Gasteiger partial charge in [-0.1, -0.05) is 12.1 Å². The second-order valence-corrected chi connectivity index (χ2v) is 9.31. The third-order valence-corrected chi connectivity index (χ3v) is 5.06. The lowest BCUT2D eigenvalue weighted by atomic mass is 10.1. The van der Waals surface area contributed by atoms with Crippen LogP contribution in [0.15, 0.2) is 63.6 Å². The van der Waals surface area contributed by atoms with Gasteiger partial charge in [0.05, 0.1) is 6.26 Å². The standard InChI is InChI=1S/C25H28N6O4/c1-16-8-6-9-18(14-16)31(22(19-10-7-13-34-19)24(33)26-25(3,4)5)21(32)15-30-28-23(27-29-30)20-12-11-17(2)35-20/h6-14,22H,15H2,1-5H3,(H,26,33). The van der Waals surface area contributed by atoms with Gasteiger partial charge in [0.2, 0.25) is 5.82 Å². The molecule has 0 radical (unpaired) electrons. The van der Waals surface area contributed by atoms with Crippen LogP contribution in [0.3, 0.4) is 0 Å². The zero-order valence-corrected chi connectivity index (χ0v) is 20.3. The van der Waals surface area contributed by atoms with E-state index in [2.05, 4.69) is 20.7 Å². The first-order chi connectivity index (χ1) is 16.6. The van der Waals surface area contributed by atoms with Crippen molar-refractivity contribution in [2.45, 2.75) is 52.7 Å². The van der Waals surface area contributed by atoms with E-state index in [1.54, 1.807) is 30.3 Å². The van der Waals surface area contributed by atoms with Crippen molar-refractivity contribution in [3.8, 4) is 11.6 Å². The van der Waals surface area contributed by atoms with Crippen LogP contribution in [0.1, 0.15) is 43.9 Å². The number of carbonyl (C=O) groups is 2. The Morgan fingerprint density at radius 3 is 2.54 bits per heavy atom. The number of nitrogens with one attached hydrogen (secondary N) is 1. The molecule has 0 aliphatic rings. The number of tetrazole rings is 1. The molecule has 35 heavy (non-hydrogen) atoms. The fourth-order valence-electron chi connectivity index (χ4n) is 3.63. The van der Waals surface area contributed by atoms with Crippen LogP contribution in [0, 0.1) is 13.8 Å². The number of furan rings is 2. The van der Waals surface area contributed by atoms with Crippen LogP contribution in [0.5, 0.6) is 0 Å². The summed E-state index contributed by atoms with van der Waals surface area (Å²) in [6.07, 6.45) is 1.47. The van der Waals surface area contributed by atoms with Gasteiger partial charge < -0.3 is 14.2 Å². The van der Waals surface area contributed by atoms with Crippen molar-refractivity contribution in [3.63, 3.8) is 0 Å². The first kappa shape index (κ1) is 23.9. The Labute approximate surface area is 202 Å². The molecule has 10 nitrogen and oxygen atoms in total. The van der Waals surface area contributed by atoms with Gasteiger partial charge >= 0.3 is 0 Å². The number of hydrogen-bond acceptors (Lipinski definition) is 7. The minimum absolute atomic E-state index is 0.249. The van der Waals surface area contributed by atoms with E-state index in [1.165, 1.54) is 16.0 Å². The number of benzene rings is 1. The summed E-state index contributed by atoms with van der Waals surface area (Å²) < 4.78 is 11.2. The lowest BCUT2D eigenvalue weighted by molar-refractivity contribution is -0.128. The summed E-state index contributed by atoms with van der Waals surface area (Å²) >= 11 is 0. The van der Waals surface area contributed by atoms with Crippen LogP contribution in [0.25, 0.3) is 11.6 Å². The van der Waals surface area contributed by atoms with E-state index in [0.29, 0.717) is 23.0 Å². The third-order valence-electron chi connectivity index (χ3n) is 5.06. The number of amides is 2. The van der Waals surface area contributed by atoms with Crippen molar-refractivity contribution in [2.24, 2.45) is 0 Å². The predicted molar refractivity (Wildman–Crippen MR) is 128 cm³/mol. The summed E-state index contributed by atoms with van der Waals surface area (Å²) in [6, 6.07) is 13.2.